The molecule has 0 radical (unpaired) electrons. The highest BCUT2D eigenvalue weighted by Crippen LogP contribution is 2.13. The predicted octanol–water partition coefficient (Wildman–Crippen LogP) is 4.05. The number of amidine groups is 1. The Morgan fingerprint density at radius 2 is 1.44 bits per heavy atom. The molecule has 0 N–H and O–H groups in total. The quantitative estimate of drug-likeness (QED) is 0.271. The Morgan fingerprint density at radius 1 is 0.889 bits per heavy atom. The van der Waals surface area contributed by atoms with E-state index in [4.69, 9.17) is 0 Å². The van der Waals surface area contributed by atoms with Crippen LogP contribution in [-0.4, -0.2) is 47.6 Å². The highest BCUT2D eigenvalue weighted by atomic mass is 32.2. The van der Waals surface area contributed by atoms with Gasteiger partial charge in [0.05, 0.1) is 27.2 Å². The largest absolute Gasteiger partial charge is 0.307 e. The van der Waals surface area contributed by atoms with Crippen LogP contribution < -0.4 is 0 Å². The molecular weight excluding hydrogens is 240 g/mol. The minimum Gasteiger partial charge on any atom is -0.262 e. The molecule has 0 aromatic rings. The Morgan fingerprint density at radius 3 is 1.94 bits per heavy atom. The van der Waals surface area contributed by atoms with Crippen molar-refractivity contribution in [2.75, 3.05) is 32.9 Å². The van der Waals surface area contributed by atoms with E-state index in [0.717, 1.165) is 13.1 Å². The second-order valence-corrected chi connectivity index (χ2v) is 6.03. The van der Waals surface area contributed by atoms with Gasteiger partial charge in [0.25, 0.3) is 0 Å². The molecule has 0 rings (SSSR count). The fourth-order valence-corrected chi connectivity index (χ4v) is 3.27. The average Bonchev–Trinajstić information content (AvgIpc) is 2.36. The molecule has 0 aliphatic heterocycles. The van der Waals surface area contributed by atoms with Crippen molar-refractivity contribution in [3.8, 4) is 0 Å². The van der Waals surface area contributed by atoms with Crippen molar-refractivity contribution < 1.29 is 4.58 Å². The number of hydrogen-bond donors (Lipinski definition) is 0. The summed E-state index contributed by atoms with van der Waals surface area (Å²) in [6.45, 7) is 8.95. The summed E-state index contributed by atoms with van der Waals surface area (Å²) >= 11 is 2.02. The third-order valence-corrected chi connectivity index (χ3v) is 4.52. The second-order valence-electron chi connectivity index (χ2n) is 4.97. The molecule has 108 valence electrons. The minimum atomic E-state index is 1.10. The zero-order chi connectivity index (χ0) is 13.8. The predicted molar refractivity (Wildman–Crippen MR) is 85.9 cm³/mol. The van der Waals surface area contributed by atoms with Gasteiger partial charge in [-0.2, -0.15) is 0 Å². The maximum absolute atomic E-state index is 2.45. The normalized spacial score (nSPS) is 10.5. The van der Waals surface area contributed by atoms with E-state index in [2.05, 4.69) is 44.3 Å². The second kappa shape index (κ2) is 11.9. The molecule has 0 bridgehead atoms. The van der Waals surface area contributed by atoms with Crippen molar-refractivity contribution in [1.82, 2.24) is 4.90 Å². The zero-order valence-corrected chi connectivity index (χ0v) is 14.0. The summed E-state index contributed by atoms with van der Waals surface area (Å²) in [5, 5.41) is 1.42. The van der Waals surface area contributed by atoms with Crippen LogP contribution in [0.5, 0.6) is 0 Å². The van der Waals surface area contributed by atoms with Crippen LogP contribution in [0.15, 0.2) is 0 Å². The lowest BCUT2D eigenvalue weighted by molar-refractivity contribution is -0.466. The van der Waals surface area contributed by atoms with Crippen LogP contribution in [0.2, 0.25) is 0 Å². The van der Waals surface area contributed by atoms with E-state index in [1.165, 1.54) is 49.4 Å². The summed E-state index contributed by atoms with van der Waals surface area (Å²) in [7, 11) is 4.31. The molecule has 0 aromatic heterocycles. The maximum Gasteiger partial charge on any atom is 0.307 e. The number of hydrogen-bond acceptors (Lipinski definition) is 1. The molecule has 0 aliphatic rings. The lowest BCUT2D eigenvalue weighted by atomic mass is 10.1. The minimum absolute atomic E-state index is 1.10. The van der Waals surface area contributed by atoms with E-state index in [1.54, 1.807) is 0 Å². The van der Waals surface area contributed by atoms with Gasteiger partial charge in [-0.15, -0.1) is 0 Å². The fourth-order valence-electron chi connectivity index (χ4n) is 2.04. The Kier molecular flexibility index (Phi) is 11.8. The van der Waals surface area contributed by atoms with Gasteiger partial charge in [-0.3, -0.25) is 9.48 Å². The van der Waals surface area contributed by atoms with Crippen molar-refractivity contribution in [2.45, 2.75) is 59.3 Å². The average molecular weight is 274 g/mol. The topological polar surface area (TPSA) is 6.25 Å². The molecule has 0 saturated heterocycles. The number of thioether (sulfide) groups is 1. The van der Waals surface area contributed by atoms with Gasteiger partial charge in [0.15, 0.2) is 0 Å². The van der Waals surface area contributed by atoms with E-state index >= 15 is 0 Å². The summed E-state index contributed by atoms with van der Waals surface area (Å²) in [6.07, 6.45) is 8.33. The third-order valence-electron chi connectivity index (χ3n) is 3.15. The molecule has 0 atom stereocenters. The number of rotatable bonds is 9. The van der Waals surface area contributed by atoms with Crippen LogP contribution in [0, 0.1) is 0 Å². The molecule has 0 unspecified atom stereocenters. The van der Waals surface area contributed by atoms with E-state index < -0.39 is 0 Å². The van der Waals surface area contributed by atoms with Crippen LogP contribution in [0.4, 0.5) is 0 Å². The Labute approximate surface area is 119 Å². The first kappa shape index (κ1) is 17.8. The number of nitrogens with zero attached hydrogens (tertiary/aromatic N) is 2. The van der Waals surface area contributed by atoms with Gasteiger partial charge >= 0.3 is 5.17 Å². The van der Waals surface area contributed by atoms with Gasteiger partial charge < -0.3 is 0 Å². The van der Waals surface area contributed by atoms with Crippen molar-refractivity contribution >= 4 is 16.9 Å². The van der Waals surface area contributed by atoms with Crippen LogP contribution in [0.25, 0.3) is 0 Å². The molecule has 0 aromatic carbocycles. The van der Waals surface area contributed by atoms with Crippen molar-refractivity contribution in [2.24, 2.45) is 0 Å². The van der Waals surface area contributed by atoms with Gasteiger partial charge in [-0.25, -0.2) is 0 Å². The summed E-state index contributed by atoms with van der Waals surface area (Å²) in [5.41, 5.74) is 0. The first-order valence-electron chi connectivity index (χ1n) is 7.59. The molecule has 0 spiro atoms. The van der Waals surface area contributed by atoms with Crippen LogP contribution in [-0.2, 0) is 0 Å². The summed E-state index contributed by atoms with van der Waals surface area (Å²) < 4.78 is 2.26. The first-order chi connectivity index (χ1) is 8.67. The standard InChI is InChI=1S/C15H33N2S/c1-6-9-10-11-12-13-14-18-15(16(4)5)17(7-2)8-3/h6-14H2,1-5H3/q+1. The lowest BCUT2D eigenvalue weighted by Crippen LogP contribution is -2.33. The van der Waals surface area contributed by atoms with Gasteiger partial charge in [0.1, 0.15) is 0 Å². The van der Waals surface area contributed by atoms with Crippen LogP contribution in [0.1, 0.15) is 59.3 Å². The van der Waals surface area contributed by atoms with Crippen molar-refractivity contribution in [3.05, 3.63) is 0 Å². The molecule has 0 fully saturated rings. The molecule has 0 heterocycles. The highest BCUT2D eigenvalue weighted by molar-refractivity contribution is 8.13. The smallest absolute Gasteiger partial charge is 0.262 e. The monoisotopic (exact) mass is 273 g/mol. The Bertz CT molecular complexity index is 219. The number of unbranched alkanes of at least 4 members (excludes halogenated alkanes) is 5. The summed E-state index contributed by atoms with van der Waals surface area (Å²) in [5.74, 6) is 1.26. The Balaban J connectivity index is 3.83. The van der Waals surface area contributed by atoms with Crippen molar-refractivity contribution in [1.29, 1.82) is 0 Å². The molecule has 0 saturated carbocycles. The molecule has 2 nitrogen and oxygen atoms in total. The summed E-state index contributed by atoms with van der Waals surface area (Å²) in [4.78, 5) is 2.45. The molecule has 18 heavy (non-hydrogen) atoms. The lowest BCUT2D eigenvalue weighted by Gasteiger charge is -2.16. The zero-order valence-electron chi connectivity index (χ0n) is 13.2. The fraction of sp³-hybridized carbons (Fsp3) is 0.933. The van der Waals surface area contributed by atoms with E-state index in [0.29, 0.717) is 0 Å². The Hall–Kier alpha value is -0.180. The van der Waals surface area contributed by atoms with E-state index in [1.807, 2.05) is 11.8 Å². The van der Waals surface area contributed by atoms with E-state index in [9.17, 15) is 0 Å². The van der Waals surface area contributed by atoms with Crippen LogP contribution in [0.3, 0.4) is 0 Å². The molecule has 0 aliphatic carbocycles. The molecule has 3 heteroatoms. The van der Waals surface area contributed by atoms with Gasteiger partial charge in [-0.05, 0) is 32.0 Å². The third kappa shape index (κ3) is 8.02. The van der Waals surface area contributed by atoms with Crippen molar-refractivity contribution in [3.63, 3.8) is 0 Å². The first-order valence-corrected chi connectivity index (χ1v) is 8.57. The van der Waals surface area contributed by atoms with Gasteiger partial charge in [0.2, 0.25) is 0 Å². The van der Waals surface area contributed by atoms with Crippen LogP contribution >= 0.6 is 11.8 Å². The highest BCUT2D eigenvalue weighted by Gasteiger charge is 2.16. The maximum atomic E-state index is 2.45. The van der Waals surface area contributed by atoms with Gasteiger partial charge in [-0.1, -0.05) is 39.0 Å². The van der Waals surface area contributed by atoms with Gasteiger partial charge in [0, 0.05) is 5.75 Å². The molecular formula is C15H33N2S+. The van der Waals surface area contributed by atoms with E-state index in [-0.39, 0.29) is 0 Å². The SMILES string of the molecule is CCCCCCCCSC(N(CC)CC)=[N+](C)C. The summed E-state index contributed by atoms with van der Waals surface area (Å²) in [6, 6.07) is 0. The molecule has 0 amide bonds.